The van der Waals surface area contributed by atoms with Crippen LogP contribution in [0.4, 0.5) is 0 Å². The van der Waals surface area contributed by atoms with E-state index >= 15 is 0 Å². The predicted molar refractivity (Wildman–Crippen MR) is 70.1 cm³/mol. The summed E-state index contributed by atoms with van der Waals surface area (Å²) in [6.45, 7) is 2.10. The minimum Gasteiger partial charge on any atom is -0.148 e. The summed E-state index contributed by atoms with van der Waals surface area (Å²) in [5.41, 5.74) is 3.76. The molecule has 0 spiro atoms. The first-order valence-corrected chi connectivity index (χ1v) is 5.48. The van der Waals surface area contributed by atoms with Gasteiger partial charge in [0.05, 0.1) is 0 Å². The lowest BCUT2D eigenvalue weighted by Gasteiger charge is -2.03. The number of hydrogen-bond acceptors (Lipinski definition) is 0. The Balaban J connectivity index is 1.98. The topological polar surface area (TPSA) is 0 Å². The molecule has 0 saturated carbocycles. The largest absolute Gasteiger partial charge is 0.148 e. The van der Waals surface area contributed by atoms with E-state index < -0.39 is 0 Å². The minimum absolute atomic E-state index is 1.23. The molecule has 0 radical (unpaired) electrons. The lowest BCUT2D eigenvalue weighted by Crippen LogP contribution is -1.76. The summed E-state index contributed by atoms with van der Waals surface area (Å²) >= 11 is 0. The monoisotopic (exact) mass is 207 g/mol. The van der Waals surface area contributed by atoms with E-state index in [0.29, 0.717) is 0 Å². The molecule has 0 bridgehead atoms. The van der Waals surface area contributed by atoms with Crippen molar-refractivity contribution >= 4 is 6.08 Å². The first kappa shape index (κ1) is 10.6. The second-order valence-electron chi connectivity index (χ2n) is 3.85. The van der Waals surface area contributed by atoms with Gasteiger partial charge in [-0.2, -0.15) is 0 Å². The summed E-state index contributed by atoms with van der Waals surface area (Å²) in [5.74, 6) is 0. The van der Waals surface area contributed by atoms with Crippen molar-refractivity contribution in [3.8, 4) is 0 Å². The first-order valence-electron chi connectivity index (χ1n) is 5.48. The summed E-state index contributed by atoms with van der Waals surface area (Å²) in [6.07, 6.45) is 6.31. The zero-order valence-corrected chi connectivity index (χ0v) is 9.43. The predicted octanol–water partition coefficient (Wildman–Crippen LogP) is 4.26. The summed E-state index contributed by atoms with van der Waals surface area (Å²) in [7, 11) is 0. The molecule has 0 nitrogen and oxygen atoms in total. The maximum Gasteiger partial charge on any atom is -0.0398 e. The Bertz CT molecular complexity index is 449. The quantitative estimate of drug-likeness (QED) is 0.660. The van der Waals surface area contributed by atoms with Gasteiger partial charge in [0.2, 0.25) is 0 Å². The molecule has 0 aliphatic rings. The van der Waals surface area contributed by atoms with Crippen molar-refractivity contribution in [1.29, 1.82) is 0 Å². The molecule has 0 aliphatic heterocycles. The van der Waals surface area contributed by atoms with Crippen LogP contribution >= 0.6 is 0 Å². The first-order chi connectivity index (χ1) is 7.84. The van der Waals surface area contributed by atoms with Gasteiger partial charge < -0.3 is 0 Å². The Morgan fingerprint density at radius 2 is 1.56 bits per heavy atom. The van der Waals surface area contributed by atoms with Crippen LogP contribution in [0.25, 0.3) is 6.08 Å². The molecular weight excluding hydrogens is 192 g/mol. The SMILES string of the molecule is Cc1ccc(/C=C/[CH-]c2ccccc2)cc1. The van der Waals surface area contributed by atoms with Gasteiger partial charge >= 0.3 is 0 Å². The molecular formula is C16H15-. The summed E-state index contributed by atoms with van der Waals surface area (Å²) in [5, 5.41) is 0. The lowest BCUT2D eigenvalue weighted by molar-refractivity contribution is 1.46. The maximum absolute atomic E-state index is 2.13. The fraction of sp³-hybridized carbons (Fsp3) is 0.0625. The van der Waals surface area contributed by atoms with Gasteiger partial charge in [0.1, 0.15) is 0 Å². The van der Waals surface area contributed by atoms with Crippen LogP contribution in [-0.2, 0) is 0 Å². The van der Waals surface area contributed by atoms with Crippen molar-refractivity contribution in [3.63, 3.8) is 0 Å². The Kier molecular flexibility index (Phi) is 3.45. The highest BCUT2D eigenvalue weighted by Gasteiger charge is 1.83. The van der Waals surface area contributed by atoms with E-state index in [-0.39, 0.29) is 0 Å². The Morgan fingerprint density at radius 3 is 2.25 bits per heavy atom. The molecule has 0 heterocycles. The second-order valence-corrected chi connectivity index (χ2v) is 3.85. The van der Waals surface area contributed by atoms with Crippen LogP contribution in [0.3, 0.4) is 0 Å². The molecule has 16 heavy (non-hydrogen) atoms. The average molecular weight is 207 g/mol. The highest BCUT2D eigenvalue weighted by atomic mass is 13.9. The van der Waals surface area contributed by atoms with Gasteiger partial charge in [-0.25, -0.2) is 0 Å². The maximum atomic E-state index is 2.13. The van der Waals surface area contributed by atoms with E-state index in [0.717, 1.165) is 0 Å². The summed E-state index contributed by atoms with van der Waals surface area (Å²) in [4.78, 5) is 0. The normalized spacial score (nSPS) is 10.6. The van der Waals surface area contributed by atoms with Gasteiger partial charge in [0, 0.05) is 0 Å². The van der Waals surface area contributed by atoms with Crippen molar-refractivity contribution < 1.29 is 0 Å². The zero-order valence-electron chi connectivity index (χ0n) is 9.43. The van der Waals surface area contributed by atoms with Gasteiger partial charge in [-0.1, -0.05) is 41.5 Å². The molecule has 0 aromatic heterocycles. The minimum atomic E-state index is 1.23. The summed E-state index contributed by atoms with van der Waals surface area (Å²) in [6, 6.07) is 18.8. The van der Waals surface area contributed by atoms with Gasteiger partial charge in [-0.15, -0.1) is 48.4 Å². The Hall–Kier alpha value is -1.95. The van der Waals surface area contributed by atoms with Crippen LogP contribution in [0, 0.1) is 13.3 Å². The number of hydrogen-bond donors (Lipinski definition) is 0. The standard InChI is InChI=1S/C16H15/c1-14-10-12-16(13-11-14)9-5-8-15-6-3-2-4-7-15/h2-13H,1H3/q-1/b9-5+. The fourth-order valence-corrected chi connectivity index (χ4v) is 1.51. The van der Waals surface area contributed by atoms with Crippen LogP contribution in [0.1, 0.15) is 16.7 Å². The molecule has 2 aromatic rings. The second kappa shape index (κ2) is 5.22. The molecule has 0 N–H and O–H groups in total. The van der Waals surface area contributed by atoms with E-state index in [2.05, 4.69) is 61.9 Å². The smallest absolute Gasteiger partial charge is 0.0398 e. The van der Waals surface area contributed by atoms with E-state index in [9.17, 15) is 0 Å². The van der Waals surface area contributed by atoms with Gasteiger partial charge in [-0.3, -0.25) is 0 Å². The number of benzene rings is 2. The number of rotatable bonds is 3. The van der Waals surface area contributed by atoms with Crippen molar-refractivity contribution in [2.45, 2.75) is 6.92 Å². The van der Waals surface area contributed by atoms with Gasteiger partial charge in [0.25, 0.3) is 0 Å². The van der Waals surface area contributed by atoms with E-state index in [1.54, 1.807) is 0 Å². The van der Waals surface area contributed by atoms with Crippen LogP contribution in [0.5, 0.6) is 0 Å². The highest BCUT2D eigenvalue weighted by molar-refractivity contribution is 5.52. The molecule has 0 amide bonds. The molecule has 80 valence electrons. The fourth-order valence-electron chi connectivity index (χ4n) is 1.51. The zero-order chi connectivity index (χ0) is 11.2. The van der Waals surface area contributed by atoms with Crippen molar-refractivity contribution in [2.75, 3.05) is 0 Å². The van der Waals surface area contributed by atoms with Crippen LogP contribution < -0.4 is 0 Å². The Labute approximate surface area is 97.3 Å². The number of allylic oxidation sites excluding steroid dienone is 1. The molecule has 2 aromatic carbocycles. The third kappa shape index (κ3) is 3.03. The third-order valence-electron chi connectivity index (χ3n) is 2.45. The molecule has 0 heteroatoms. The molecule has 0 saturated heterocycles. The van der Waals surface area contributed by atoms with Crippen LogP contribution in [0.15, 0.2) is 60.7 Å². The van der Waals surface area contributed by atoms with Crippen molar-refractivity contribution in [1.82, 2.24) is 0 Å². The molecule has 0 aliphatic carbocycles. The summed E-state index contributed by atoms with van der Waals surface area (Å²) < 4.78 is 0. The van der Waals surface area contributed by atoms with E-state index in [1.165, 1.54) is 16.7 Å². The molecule has 2 rings (SSSR count). The molecule has 0 unspecified atom stereocenters. The van der Waals surface area contributed by atoms with Crippen LogP contribution in [-0.4, -0.2) is 0 Å². The van der Waals surface area contributed by atoms with E-state index in [4.69, 9.17) is 0 Å². The lowest BCUT2D eigenvalue weighted by atomic mass is 10.1. The van der Waals surface area contributed by atoms with Gasteiger partial charge in [0.15, 0.2) is 0 Å². The molecule has 0 atom stereocenters. The van der Waals surface area contributed by atoms with Crippen molar-refractivity contribution in [3.05, 3.63) is 83.8 Å². The van der Waals surface area contributed by atoms with E-state index in [1.807, 2.05) is 18.2 Å². The van der Waals surface area contributed by atoms with Gasteiger partial charge in [-0.05, 0) is 6.92 Å². The highest BCUT2D eigenvalue weighted by Crippen LogP contribution is 2.08. The Morgan fingerprint density at radius 1 is 0.875 bits per heavy atom. The molecule has 0 fully saturated rings. The number of aryl methyl sites for hydroxylation is 1. The third-order valence-corrected chi connectivity index (χ3v) is 2.45. The average Bonchev–Trinajstić information content (AvgIpc) is 2.33. The van der Waals surface area contributed by atoms with Crippen LogP contribution in [0.2, 0.25) is 0 Å². The van der Waals surface area contributed by atoms with Crippen molar-refractivity contribution in [2.24, 2.45) is 0 Å².